The van der Waals surface area contributed by atoms with Gasteiger partial charge in [0.1, 0.15) is 6.10 Å². The minimum absolute atomic E-state index is 0.543. The highest BCUT2D eigenvalue weighted by molar-refractivity contribution is 5.85. The number of hydrogen-bond donors (Lipinski definition) is 1. The van der Waals surface area contributed by atoms with Gasteiger partial charge in [0.05, 0.1) is 17.6 Å². The van der Waals surface area contributed by atoms with Crippen LogP contribution in [0.4, 0.5) is 0 Å². The maximum atomic E-state index is 10.5. The molecule has 4 nitrogen and oxygen atoms in total. The zero-order chi connectivity index (χ0) is 13.2. The standard InChI is InChI=1S/C15H13N3O/c1-10-7-18-14(9-17-10)15(19)12-4-2-3-11-5-6-16-8-13(11)12/h2-9,15,19H,1H3. The third kappa shape index (κ3) is 2.18. The third-order valence-electron chi connectivity index (χ3n) is 3.09. The van der Waals surface area contributed by atoms with E-state index in [4.69, 9.17) is 0 Å². The van der Waals surface area contributed by atoms with E-state index < -0.39 is 6.10 Å². The van der Waals surface area contributed by atoms with Crippen LogP contribution >= 0.6 is 0 Å². The first-order valence-corrected chi connectivity index (χ1v) is 6.05. The molecule has 3 aromatic rings. The first kappa shape index (κ1) is 11.7. The lowest BCUT2D eigenvalue weighted by molar-refractivity contribution is 0.216. The highest BCUT2D eigenvalue weighted by Crippen LogP contribution is 2.26. The lowest BCUT2D eigenvalue weighted by atomic mass is 10.0. The number of hydrogen-bond acceptors (Lipinski definition) is 4. The second kappa shape index (κ2) is 4.74. The molecule has 4 heteroatoms. The maximum absolute atomic E-state index is 10.5. The largest absolute Gasteiger partial charge is 0.382 e. The third-order valence-corrected chi connectivity index (χ3v) is 3.09. The Kier molecular flexibility index (Phi) is 2.93. The van der Waals surface area contributed by atoms with Crippen molar-refractivity contribution in [1.82, 2.24) is 15.0 Å². The van der Waals surface area contributed by atoms with Gasteiger partial charge in [-0.2, -0.15) is 0 Å². The topological polar surface area (TPSA) is 58.9 Å². The number of pyridine rings is 1. The fourth-order valence-electron chi connectivity index (χ4n) is 2.08. The van der Waals surface area contributed by atoms with Gasteiger partial charge >= 0.3 is 0 Å². The Morgan fingerprint density at radius 1 is 1.05 bits per heavy atom. The molecule has 0 aliphatic heterocycles. The van der Waals surface area contributed by atoms with E-state index in [9.17, 15) is 5.11 Å². The van der Waals surface area contributed by atoms with Gasteiger partial charge < -0.3 is 5.11 Å². The Hall–Kier alpha value is -2.33. The van der Waals surface area contributed by atoms with Crippen molar-refractivity contribution in [3.8, 4) is 0 Å². The summed E-state index contributed by atoms with van der Waals surface area (Å²) in [6.45, 7) is 1.87. The first-order chi connectivity index (χ1) is 9.25. The molecule has 1 aromatic carbocycles. The molecule has 0 spiro atoms. The zero-order valence-electron chi connectivity index (χ0n) is 10.5. The monoisotopic (exact) mass is 251 g/mol. The van der Waals surface area contributed by atoms with Crippen LogP contribution in [0.1, 0.15) is 23.1 Å². The summed E-state index contributed by atoms with van der Waals surface area (Å²) < 4.78 is 0. The van der Waals surface area contributed by atoms with Crippen LogP contribution in [-0.2, 0) is 0 Å². The van der Waals surface area contributed by atoms with Crippen LogP contribution in [0.2, 0.25) is 0 Å². The predicted molar refractivity (Wildman–Crippen MR) is 72.6 cm³/mol. The second-order valence-corrected chi connectivity index (χ2v) is 4.43. The number of aryl methyl sites for hydroxylation is 1. The summed E-state index contributed by atoms with van der Waals surface area (Å²) in [5, 5.41) is 12.4. The van der Waals surface area contributed by atoms with E-state index in [0.29, 0.717) is 5.69 Å². The molecule has 1 unspecified atom stereocenters. The van der Waals surface area contributed by atoms with Crippen molar-refractivity contribution in [1.29, 1.82) is 0 Å². The number of aliphatic hydroxyl groups is 1. The van der Waals surface area contributed by atoms with Gasteiger partial charge in [0, 0.05) is 24.0 Å². The minimum atomic E-state index is -0.791. The average molecular weight is 251 g/mol. The molecule has 2 aromatic heterocycles. The van der Waals surface area contributed by atoms with Gasteiger partial charge in [0.15, 0.2) is 0 Å². The average Bonchev–Trinajstić information content (AvgIpc) is 2.47. The Bertz CT molecular complexity index is 705. The van der Waals surface area contributed by atoms with Gasteiger partial charge in [-0.15, -0.1) is 0 Å². The van der Waals surface area contributed by atoms with Crippen LogP contribution in [0.25, 0.3) is 10.8 Å². The van der Waals surface area contributed by atoms with Gasteiger partial charge in [-0.25, -0.2) is 0 Å². The van der Waals surface area contributed by atoms with Crippen LogP contribution < -0.4 is 0 Å². The Morgan fingerprint density at radius 3 is 2.74 bits per heavy atom. The molecule has 0 aliphatic rings. The highest BCUT2D eigenvalue weighted by atomic mass is 16.3. The smallest absolute Gasteiger partial charge is 0.123 e. The summed E-state index contributed by atoms with van der Waals surface area (Å²) in [5.74, 6) is 0. The molecule has 0 saturated carbocycles. The molecule has 0 aliphatic carbocycles. The Labute approximate surface area is 110 Å². The van der Waals surface area contributed by atoms with E-state index in [2.05, 4.69) is 15.0 Å². The quantitative estimate of drug-likeness (QED) is 0.760. The van der Waals surface area contributed by atoms with Gasteiger partial charge in [-0.3, -0.25) is 15.0 Å². The van der Waals surface area contributed by atoms with Crippen molar-refractivity contribution in [2.75, 3.05) is 0 Å². The van der Waals surface area contributed by atoms with Gasteiger partial charge in [0.2, 0.25) is 0 Å². The second-order valence-electron chi connectivity index (χ2n) is 4.43. The molecule has 1 N–H and O–H groups in total. The first-order valence-electron chi connectivity index (χ1n) is 6.05. The van der Waals surface area contributed by atoms with E-state index in [1.54, 1.807) is 24.8 Å². The van der Waals surface area contributed by atoms with E-state index in [1.807, 2.05) is 31.2 Å². The molecule has 1 atom stereocenters. The predicted octanol–water partition coefficient (Wildman–Crippen LogP) is 2.41. The maximum Gasteiger partial charge on any atom is 0.123 e. The van der Waals surface area contributed by atoms with Crippen molar-refractivity contribution >= 4 is 10.8 Å². The molecule has 19 heavy (non-hydrogen) atoms. The molecule has 0 bridgehead atoms. The fraction of sp³-hybridized carbons (Fsp3) is 0.133. The lowest BCUT2D eigenvalue weighted by Gasteiger charge is -2.12. The molecule has 0 saturated heterocycles. The zero-order valence-corrected chi connectivity index (χ0v) is 10.5. The number of aliphatic hydroxyl groups excluding tert-OH is 1. The van der Waals surface area contributed by atoms with Crippen LogP contribution in [0.15, 0.2) is 49.1 Å². The van der Waals surface area contributed by atoms with E-state index >= 15 is 0 Å². The summed E-state index contributed by atoms with van der Waals surface area (Å²) >= 11 is 0. The van der Waals surface area contributed by atoms with Crippen LogP contribution in [0.3, 0.4) is 0 Å². The normalized spacial score (nSPS) is 12.5. The molecule has 2 heterocycles. The summed E-state index contributed by atoms with van der Waals surface area (Å²) in [4.78, 5) is 12.5. The number of fused-ring (bicyclic) bond motifs is 1. The summed E-state index contributed by atoms with van der Waals surface area (Å²) in [7, 11) is 0. The van der Waals surface area contributed by atoms with Crippen molar-refractivity contribution in [2.24, 2.45) is 0 Å². The Morgan fingerprint density at radius 2 is 1.95 bits per heavy atom. The summed E-state index contributed by atoms with van der Waals surface area (Å²) in [6.07, 6.45) is 5.97. The minimum Gasteiger partial charge on any atom is -0.382 e. The Balaban J connectivity index is 2.11. The molecule has 3 rings (SSSR count). The lowest BCUT2D eigenvalue weighted by Crippen LogP contribution is -2.04. The summed E-state index contributed by atoms with van der Waals surface area (Å²) in [5.41, 5.74) is 2.17. The van der Waals surface area contributed by atoms with Gasteiger partial charge in [-0.1, -0.05) is 18.2 Å². The van der Waals surface area contributed by atoms with Crippen molar-refractivity contribution in [3.63, 3.8) is 0 Å². The van der Waals surface area contributed by atoms with Crippen molar-refractivity contribution in [3.05, 3.63) is 66.0 Å². The van der Waals surface area contributed by atoms with Crippen LogP contribution in [0, 0.1) is 6.92 Å². The highest BCUT2D eigenvalue weighted by Gasteiger charge is 2.15. The number of nitrogens with zero attached hydrogens (tertiary/aromatic N) is 3. The van der Waals surface area contributed by atoms with Crippen molar-refractivity contribution in [2.45, 2.75) is 13.0 Å². The molecule has 0 radical (unpaired) electrons. The number of benzene rings is 1. The van der Waals surface area contributed by atoms with E-state index in [-0.39, 0.29) is 0 Å². The van der Waals surface area contributed by atoms with E-state index in [1.165, 1.54) is 0 Å². The molecule has 94 valence electrons. The molecule has 0 amide bonds. The molecular formula is C15H13N3O. The summed E-state index contributed by atoms with van der Waals surface area (Å²) in [6, 6.07) is 7.72. The SMILES string of the molecule is Cc1cnc(C(O)c2cccc3ccncc23)cn1. The molecular weight excluding hydrogens is 238 g/mol. The van der Waals surface area contributed by atoms with Crippen LogP contribution in [0.5, 0.6) is 0 Å². The number of aromatic nitrogens is 3. The van der Waals surface area contributed by atoms with Gasteiger partial charge in [0.25, 0.3) is 0 Å². The van der Waals surface area contributed by atoms with Crippen molar-refractivity contribution < 1.29 is 5.11 Å². The fourth-order valence-corrected chi connectivity index (χ4v) is 2.08. The van der Waals surface area contributed by atoms with Gasteiger partial charge in [-0.05, 0) is 23.9 Å². The number of rotatable bonds is 2. The van der Waals surface area contributed by atoms with E-state index in [0.717, 1.165) is 22.0 Å². The van der Waals surface area contributed by atoms with Crippen LogP contribution in [-0.4, -0.2) is 20.1 Å². The molecule has 0 fully saturated rings.